The van der Waals surface area contributed by atoms with Crippen LogP contribution >= 0.6 is 11.6 Å². The van der Waals surface area contributed by atoms with Gasteiger partial charge in [0.2, 0.25) is 0 Å². The van der Waals surface area contributed by atoms with Gasteiger partial charge < -0.3 is 4.74 Å². The van der Waals surface area contributed by atoms with E-state index in [9.17, 15) is 0 Å². The molecule has 0 atom stereocenters. The first kappa shape index (κ1) is 12.0. The minimum absolute atomic E-state index is 0.583. The summed E-state index contributed by atoms with van der Waals surface area (Å²) in [7, 11) is 0. The number of allylic oxidation sites excluding steroid dienone is 1. The van der Waals surface area contributed by atoms with E-state index < -0.39 is 0 Å². The molecule has 0 aliphatic rings. The van der Waals surface area contributed by atoms with Gasteiger partial charge in [-0.25, -0.2) is 0 Å². The monoisotopic (exact) mass is 190 g/mol. The second kappa shape index (κ2) is 11.0. The first-order valence-corrected chi connectivity index (χ1v) is 5.24. The lowest BCUT2D eigenvalue weighted by atomic mass is 10.2. The van der Waals surface area contributed by atoms with Gasteiger partial charge in [-0.3, -0.25) is 0 Å². The molecule has 0 N–H and O–H groups in total. The van der Waals surface area contributed by atoms with Gasteiger partial charge in [0, 0.05) is 12.5 Å². The minimum Gasteiger partial charge on any atom is -0.377 e. The lowest BCUT2D eigenvalue weighted by Crippen LogP contribution is -1.94. The summed E-state index contributed by atoms with van der Waals surface area (Å²) < 4.78 is 5.34. The second-order valence-corrected chi connectivity index (χ2v) is 3.07. The van der Waals surface area contributed by atoms with E-state index in [1.807, 2.05) is 12.2 Å². The highest BCUT2D eigenvalue weighted by Gasteiger charge is 1.86. The van der Waals surface area contributed by atoms with Crippen LogP contribution in [-0.4, -0.2) is 19.1 Å². The molecular weight excluding hydrogens is 172 g/mol. The fourth-order valence-corrected chi connectivity index (χ4v) is 1.04. The zero-order chi connectivity index (χ0) is 9.07. The Morgan fingerprint density at radius 3 is 2.67 bits per heavy atom. The number of rotatable bonds is 8. The predicted molar refractivity (Wildman–Crippen MR) is 54.8 cm³/mol. The Kier molecular flexibility index (Phi) is 11.0. The summed E-state index contributed by atoms with van der Waals surface area (Å²) in [5, 5.41) is 0. The summed E-state index contributed by atoms with van der Waals surface area (Å²) in [5.41, 5.74) is 0. The van der Waals surface area contributed by atoms with Crippen molar-refractivity contribution in [2.75, 3.05) is 19.1 Å². The molecule has 0 radical (unpaired) electrons. The molecule has 0 unspecified atom stereocenters. The highest BCUT2D eigenvalue weighted by Crippen LogP contribution is 1.98. The molecule has 0 bridgehead atoms. The van der Waals surface area contributed by atoms with Gasteiger partial charge in [0.25, 0.3) is 0 Å². The first-order valence-electron chi connectivity index (χ1n) is 4.70. The molecule has 0 aliphatic carbocycles. The van der Waals surface area contributed by atoms with Gasteiger partial charge in [0.05, 0.1) is 6.61 Å². The molecule has 0 saturated heterocycles. The van der Waals surface area contributed by atoms with Crippen molar-refractivity contribution in [3.63, 3.8) is 0 Å². The largest absolute Gasteiger partial charge is 0.377 e. The van der Waals surface area contributed by atoms with Crippen molar-refractivity contribution in [1.82, 2.24) is 0 Å². The van der Waals surface area contributed by atoms with E-state index in [0.29, 0.717) is 12.5 Å². The van der Waals surface area contributed by atoms with E-state index in [1.54, 1.807) is 0 Å². The SMILES string of the molecule is CCCCCCOCC=CCCl. The third-order valence-corrected chi connectivity index (χ3v) is 1.79. The lowest BCUT2D eigenvalue weighted by molar-refractivity contribution is 0.157. The normalized spacial score (nSPS) is 11.2. The number of alkyl halides is 1. The van der Waals surface area contributed by atoms with E-state index in [0.717, 1.165) is 6.61 Å². The Hall–Kier alpha value is -0.0100. The van der Waals surface area contributed by atoms with Crippen LogP contribution in [0.2, 0.25) is 0 Å². The second-order valence-electron chi connectivity index (χ2n) is 2.76. The third-order valence-electron chi connectivity index (χ3n) is 1.61. The van der Waals surface area contributed by atoms with Crippen LogP contribution in [0.1, 0.15) is 32.6 Å². The smallest absolute Gasteiger partial charge is 0.0647 e. The molecule has 0 saturated carbocycles. The van der Waals surface area contributed by atoms with Gasteiger partial charge in [0.15, 0.2) is 0 Å². The highest BCUT2D eigenvalue weighted by atomic mass is 35.5. The highest BCUT2D eigenvalue weighted by molar-refractivity contribution is 6.18. The zero-order valence-electron chi connectivity index (χ0n) is 7.89. The molecule has 0 aliphatic heterocycles. The fraction of sp³-hybridized carbons (Fsp3) is 0.800. The Morgan fingerprint density at radius 1 is 1.17 bits per heavy atom. The molecule has 0 heterocycles. The lowest BCUT2D eigenvalue weighted by Gasteiger charge is -1.99. The Balaban J connectivity index is 2.86. The molecule has 12 heavy (non-hydrogen) atoms. The average molecular weight is 191 g/mol. The van der Waals surface area contributed by atoms with E-state index in [2.05, 4.69) is 6.92 Å². The van der Waals surface area contributed by atoms with Crippen molar-refractivity contribution in [3.05, 3.63) is 12.2 Å². The molecule has 0 aromatic carbocycles. The van der Waals surface area contributed by atoms with Gasteiger partial charge in [-0.2, -0.15) is 0 Å². The number of unbranched alkanes of at least 4 members (excludes halogenated alkanes) is 3. The fourth-order valence-electron chi connectivity index (χ4n) is 0.913. The topological polar surface area (TPSA) is 9.23 Å². The Labute approximate surface area is 80.8 Å². The summed E-state index contributed by atoms with van der Waals surface area (Å²) in [5.74, 6) is 0.583. The summed E-state index contributed by atoms with van der Waals surface area (Å²) in [6, 6.07) is 0. The van der Waals surface area contributed by atoms with E-state index in [-0.39, 0.29) is 0 Å². The molecule has 1 nitrogen and oxygen atoms in total. The van der Waals surface area contributed by atoms with Gasteiger partial charge in [0.1, 0.15) is 0 Å². The third kappa shape index (κ3) is 9.99. The standard InChI is InChI=1S/C10H19ClO/c1-2-3-4-6-9-12-10-7-5-8-11/h5,7H,2-4,6,8-10H2,1H3. The number of halogens is 1. The number of hydrogen-bond acceptors (Lipinski definition) is 1. The van der Waals surface area contributed by atoms with E-state index in [4.69, 9.17) is 16.3 Å². The average Bonchev–Trinajstić information content (AvgIpc) is 2.10. The summed E-state index contributed by atoms with van der Waals surface area (Å²) in [6.45, 7) is 3.80. The maximum absolute atomic E-state index is 5.44. The molecule has 0 aromatic rings. The molecule has 0 rings (SSSR count). The number of hydrogen-bond donors (Lipinski definition) is 0. The van der Waals surface area contributed by atoms with Crippen molar-refractivity contribution < 1.29 is 4.74 Å². The molecule has 2 heteroatoms. The van der Waals surface area contributed by atoms with Gasteiger partial charge in [-0.15, -0.1) is 11.6 Å². The van der Waals surface area contributed by atoms with Crippen molar-refractivity contribution in [1.29, 1.82) is 0 Å². The molecule has 72 valence electrons. The van der Waals surface area contributed by atoms with Gasteiger partial charge in [-0.05, 0) is 6.42 Å². The van der Waals surface area contributed by atoms with Crippen LogP contribution in [0.25, 0.3) is 0 Å². The summed E-state index contributed by atoms with van der Waals surface area (Å²) in [4.78, 5) is 0. The van der Waals surface area contributed by atoms with Crippen LogP contribution in [0.5, 0.6) is 0 Å². The van der Waals surface area contributed by atoms with Gasteiger partial charge in [-0.1, -0.05) is 38.3 Å². The van der Waals surface area contributed by atoms with Crippen LogP contribution in [-0.2, 0) is 4.74 Å². The maximum Gasteiger partial charge on any atom is 0.0647 e. The van der Waals surface area contributed by atoms with Crippen molar-refractivity contribution in [3.8, 4) is 0 Å². The van der Waals surface area contributed by atoms with Crippen molar-refractivity contribution in [2.45, 2.75) is 32.6 Å². The zero-order valence-corrected chi connectivity index (χ0v) is 8.65. The van der Waals surface area contributed by atoms with E-state index >= 15 is 0 Å². The van der Waals surface area contributed by atoms with Crippen LogP contribution in [0, 0.1) is 0 Å². The van der Waals surface area contributed by atoms with Crippen molar-refractivity contribution in [2.24, 2.45) is 0 Å². The van der Waals surface area contributed by atoms with Gasteiger partial charge >= 0.3 is 0 Å². The summed E-state index contributed by atoms with van der Waals surface area (Å²) >= 11 is 5.44. The van der Waals surface area contributed by atoms with Crippen LogP contribution in [0.4, 0.5) is 0 Å². The predicted octanol–water partition coefficient (Wildman–Crippen LogP) is 3.38. The van der Waals surface area contributed by atoms with E-state index in [1.165, 1.54) is 25.7 Å². The molecule has 0 fully saturated rings. The van der Waals surface area contributed by atoms with Crippen LogP contribution in [0.15, 0.2) is 12.2 Å². The minimum atomic E-state index is 0.583. The quantitative estimate of drug-likeness (QED) is 0.324. The maximum atomic E-state index is 5.44. The van der Waals surface area contributed by atoms with Crippen LogP contribution < -0.4 is 0 Å². The summed E-state index contributed by atoms with van der Waals surface area (Å²) in [6.07, 6.45) is 8.95. The molecule has 0 spiro atoms. The molecule has 0 amide bonds. The Morgan fingerprint density at radius 2 is 2.00 bits per heavy atom. The van der Waals surface area contributed by atoms with Crippen LogP contribution in [0.3, 0.4) is 0 Å². The molecule has 0 aromatic heterocycles. The van der Waals surface area contributed by atoms with Crippen molar-refractivity contribution >= 4 is 11.6 Å². The Bertz CT molecular complexity index is 102. The molecular formula is C10H19ClO. The first-order chi connectivity index (χ1) is 5.91. The number of ether oxygens (including phenoxy) is 1.